The number of fused-ring (bicyclic) bond motifs is 1. The number of hydrogen-bond donors (Lipinski definition) is 4. The molecule has 3 aromatic rings. The van der Waals surface area contributed by atoms with E-state index in [1.54, 1.807) is 6.20 Å². The van der Waals surface area contributed by atoms with E-state index >= 15 is 0 Å². The van der Waals surface area contributed by atoms with Crippen molar-refractivity contribution in [3.8, 4) is 11.3 Å². The van der Waals surface area contributed by atoms with Crippen LogP contribution in [0.5, 0.6) is 0 Å². The van der Waals surface area contributed by atoms with Crippen molar-refractivity contribution >= 4 is 22.5 Å². The Kier molecular flexibility index (Phi) is 3.41. The van der Waals surface area contributed by atoms with Crippen molar-refractivity contribution in [2.45, 2.75) is 6.92 Å². The topological polar surface area (TPSA) is 119 Å². The minimum Gasteiger partial charge on any atom is -0.381 e. The Bertz CT molecular complexity index is 778. The number of aryl methyl sites for hydroxylation is 1. The number of H-pyrrole nitrogens is 1. The van der Waals surface area contributed by atoms with E-state index in [9.17, 15) is 0 Å². The van der Waals surface area contributed by atoms with Crippen LogP contribution in [0.4, 0.5) is 11.6 Å². The second-order valence-electron chi connectivity index (χ2n) is 4.77. The minimum atomic E-state index is 0.368. The summed E-state index contributed by atoms with van der Waals surface area (Å²) in [6, 6.07) is 6.00. The molecule has 0 spiro atoms. The number of anilines is 2. The molecule has 0 aliphatic rings. The Morgan fingerprint density at radius 1 is 1.33 bits per heavy atom. The van der Waals surface area contributed by atoms with Gasteiger partial charge in [-0.05, 0) is 19.1 Å². The molecule has 3 rings (SSSR count). The number of nitrogens with one attached hydrogen (secondary N) is 2. The van der Waals surface area contributed by atoms with E-state index < -0.39 is 0 Å². The molecule has 0 unspecified atom stereocenters. The number of aromatic amines is 1. The van der Waals surface area contributed by atoms with E-state index in [2.05, 4.69) is 25.5 Å². The lowest BCUT2D eigenvalue weighted by Crippen LogP contribution is -2.15. The standard InChI is InChI=1S/C14H17N7/c1-8-10-6-9(2-3-11(10)21-20-8)12-7-18-13(16)14(19-12)17-5-4-15/h2-3,6-7H,4-5,15H2,1H3,(H2,16,18)(H,17,19)(H,20,21). The van der Waals surface area contributed by atoms with Crippen LogP contribution in [0.1, 0.15) is 5.69 Å². The first-order chi connectivity index (χ1) is 10.2. The smallest absolute Gasteiger partial charge is 0.169 e. The van der Waals surface area contributed by atoms with Crippen LogP contribution in [-0.2, 0) is 0 Å². The Morgan fingerprint density at radius 2 is 2.19 bits per heavy atom. The number of hydrogen-bond acceptors (Lipinski definition) is 6. The Morgan fingerprint density at radius 3 is 3.00 bits per heavy atom. The largest absolute Gasteiger partial charge is 0.381 e. The molecule has 0 atom stereocenters. The van der Waals surface area contributed by atoms with Crippen LogP contribution in [0.25, 0.3) is 22.2 Å². The van der Waals surface area contributed by atoms with Crippen molar-refractivity contribution in [3.63, 3.8) is 0 Å². The maximum Gasteiger partial charge on any atom is 0.169 e. The summed E-state index contributed by atoms with van der Waals surface area (Å²) in [5.41, 5.74) is 15.0. The molecule has 0 saturated heterocycles. The van der Waals surface area contributed by atoms with Gasteiger partial charge in [-0.3, -0.25) is 5.10 Å². The quantitative estimate of drug-likeness (QED) is 0.573. The molecule has 2 heterocycles. The summed E-state index contributed by atoms with van der Waals surface area (Å²) in [5, 5.41) is 11.3. The Labute approximate surface area is 121 Å². The first-order valence-corrected chi connectivity index (χ1v) is 6.70. The van der Waals surface area contributed by atoms with E-state index in [4.69, 9.17) is 11.5 Å². The zero-order valence-corrected chi connectivity index (χ0v) is 11.7. The van der Waals surface area contributed by atoms with E-state index in [0.29, 0.717) is 24.7 Å². The third kappa shape index (κ3) is 2.50. The summed E-state index contributed by atoms with van der Waals surface area (Å²) in [7, 11) is 0. The van der Waals surface area contributed by atoms with Gasteiger partial charge < -0.3 is 16.8 Å². The molecule has 1 aromatic carbocycles. The minimum absolute atomic E-state index is 0.368. The van der Waals surface area contributed by atoms with Gasteiger partial charge in [0.05, 0.1) is 23.1 Å². The van der Waals surface area contributed by atoms with Crippen LogP contribution in [0, 0.1) is 6.92 Å². The highest BCUT2D eigenvalue weighted by atomic mass is 15.1. The first kappa shape index (κ1) is 13.3. The van der Waals surface area contributed by atoms with Gasteiger partial charge in [0.1, 0.15) is 0 Å². The fourth-order valence-electron chi connectivity index (χ4n) is 2.16. The number of nitrogens with zero attached hydrogens (tertiary/aromatic N) is 3. The molecule has 7 nitrogen and oxygen atoms in total. The van der Waals surface area contributed by atoms with Crippen LogP contribution < -0.4 is 16.8 Å². The van der Waals surface area contributed by atoms with Gasteiger partial charge in [-0.25, -0.2) is 9.97 Å². The molecule has 108 valence electrons. The number of nitrogens with two attached hydrogens (primary N) is 2. The summed E-state index contributed by atoms with van der Waals surface area (Å²) in [6.07, 6.45) is 1.67. The second kappa shape index (κ2) is 5.37. The summed E-state index contributed by atoms with van der Waals surface area (Å²) in [4.78, 5) is 8.70. The Balaban J connectivity index is 2.03. The number of rotatable bonds is 4. The fourth-order valence-corrected chi connectivity index (χ4v) is 2.16. The summed E-state index contributed by atoms with van der Waals surface area (Å²) >= 11 is 0. The predicted octanol–water partition coefficient (Wildman–Crippen LogP) is 1.28. The normalized spacial score (nSPS) is 11.0. The number of nitrogen functional groups attached to an aromatic ring is 1. The monoisotopic (exact) mass is 283 g/mol. The van der Waals surface area contributed by atoms with Gasteiger partial charge in [0.2, 0.25) is 0 Å². The zero-order chi connectivity index (χ0) is 14.8. The fraction of sp³-hybridized carbons (Fsp3) is 0.214. The van der Waals surface area contributed by atoms with Crippen LogP contribution in [0.15, 0.2) is 24.4 Å². The van der Waals surface area contributed by atoms with Crippen molar-refractivity contribution in [2.75, 3.05) is 24.1 Å². The number of benzene rings is 1. The van der Waals surface area contributed by atoms with Crippen molar-refractivity contribution in [1.29, 1.82) is 0 Å². The third-order valence-corrected chi connectivity index (χ3v) is 3.29. The van der Waals surface area contributed by atoms with Crippen LogP contribution in [0.2, 0.25) is 0 Å². The average molecular weight is 283 g/mol. The second-order valence-corrected chi connectivity index (χ2v) is 4.77. The lowest BCUT2D eigenvalue weighted by atomic mass is 10.1. The van der Waals surface area contributed by atoms with Crippen molar-refractivity contribution in [2.24, 2.45) is 5.73 Å². The van der Waals surface area contributed by atoms with Gasteiger partial charge in [-0.15, -0.1) is 0 Å². The average Bonchev–Trinajstić information content (AvgIpc) is 2.87. The lowest BCUT2D eigenvalue weighted by Gasteiger charge is -2.08. The van der Waals surface area contributed by atoms with E-state index in [1.807, 2.05) is 25.1 Å². The zero-order valence-electron chi connectivity index (χ0n) is 11.7. The first-order valence-electron chi connectivity index (χ1n) is 6.70. The van der Waals surface area contributed by atoms with Crippen LogP contribution in [0.3, 0.4) is 0 Å². The number of aromatic nitrogens is 4. The molecule has 0 saturated carbocycles. The molecule has 0 amide bonds. The van der Waals surface area contributed by atoms with Gasteiger partial charge >= 0.3 is 0 Å². The van der Waals surface area contributed by atoms with Gasteiger partial charge in [-0.1, -0.05) is 6.07 Å². The van der Waals surface area contributed by atoms with Gasteiger partial charge in [0, 0.05) is 24.0 Å². The summed E-state index contributed by atoms with van der Waals surface area (Å²) in [6.45, 7) is 3.07. The highest BCUT2D eigenvalue weighted by molar-refractivity contribution is 5.86. The third-order valence-electron chi connectivity index (χ3n) is 3.29. The maximum absolute atomic E-state index is 5.81. The van der Waals surface area contributed by atoms with Crippen LogP contribution in [-0.4, -0.2) is 33.3 Å². The van der Waals surface area contributed by atoms with Gasteiger partial charge in [0.15, 0.2) is 11.6 Å². The van der Waals surface area contributed by atoms with Gasteiger partial charge in [-0.2, -0.15) is 5.10 Å². The molecular weight excluding hydrogens is 266 g/mol. The molecule has 0 aliphatic heterocycles. The van der Waals surface area contributed by atoms with E-state index in [0.717, 1.165) is 27.9 Å². The summed E-state index contributed by atoms with van der Waals surface area (Å²) in [5.74, 6) is 0.926. The van der Waals surface area contributed by atoms with Crippen LogP contribution >= 0.6 is 0 Å². The highest BCUT2D eigenvalue weighted by Crippen LogP contribution is 2.25. The molecule has 0 radical (unpaired) electrons. The van der Waals surface area contributed by atoms with E-state index in [-0.39, 0.29) is 0 Å². The molecule has 0 aliphatic carbocycles. The lowest BCUT2D eigenvalue weighted by molar-refractivity contribution is 1.01. The maximum atomic E-state index is 5.81. The van der Waals surface area contributed by atoms with Crippen molar-refractivity contribution < 1.29 is 0 Å². The molecule has 21 heavy (non-hydrogen) atoms. The van der Waals surface area contributed by atoms with Gasteiger partial charge in [0.25, 0.3) is 0 Å². The van der Waals surface area contributed by atoms with Crippen molar-refractivity contribution in [3.05, 3.63) is 30.1 Å². The molecule has 6 N–H and O–H groups in total. The van der Waals surface area contributed by atoms with E-state index in [1.165, 1.54) is 0 Å². The SMILES string of the molecule is Cc1n[nH]c2ccc(-c3cnc(N)c(NCCN)n3)cc12. The molecular formula is C14H17N7. The molecule has 2 aromatic heterocycles. The molecule has 7 heteroatoms. The Hall–Kier alpha value is -2.67. The predicted molar refractivity (Wildman–Crippen MR) is 83.8 cm³/mol. The summed E-state index contributed by atoms with van der Waals surface area (Å²) < 4.78 is 0. The highest BCUT2D eigenvalue weighted by Gasteiger charge is 2.08. The molecule has 0 bridgehead atoms. The van der Waals surface area contributed by atoms with Crippen molar-refractivity contribution in [1.82, 2.24) is 20.2 Å². The molecule has 0 fully saturated rings.